The maximum absolute atomic E-state index is 12.8. The molecule has 146 valence electrons. The number of carbonyl (C=O) groups is 2. The second-order valence-electron chi connectivity index (χ2n) is 6.70. The van der Waals surface area contributed by atoms with Crippen molar-refractivity contribution in [3.05, 3.63) is 16.8 Å². The molecule has 0 aromatic carbocycles. The van der Waals surface area contributed by atoms with Crippen LogP contribution in [0.25, 0.3) is 10.2 Å². The van der Waals surface area contributed by atoms with E-state index >= 15 is 0 Å². The Bertz CT molecular complexity index is 831. The van der Waals surface area contributed by atoms with E-state index < -0.39 is 0 Å². The lowest BCUT2D eigenvalue weighted by molar-refractivity contribution is -0.127. The molecule has 1 aliphatic heterocycles. The van der Waals surface area contributed by atoms with Crippen molar-refractivity contribution in [1.29, 1.82) is 0 Å². The number of likely N-dealkylation sites (tertiary alicyclic amines) is 1. The zero-order valence-corrected chi connectivity index (χ0v) is 17.1. The van der Waals surface area contributed by atoms with Crippen molar-refractivity contribution in [1.82, 2.24) is 19.8 Å². The highest BCUT2D eigenvalue weighted by atomic mass is 32.1. The lowest BCUT2D eigenvalue weighted by Gasteiger charge is -2.18. The second kappa shape index (κ2) is 8.65. The summed E-state index contributed by atoms with van der Waals surface area (Å²) >= 11 is 1.43. The molecule has 0 aliphatic carbocycles. The van der Waals surface area contributed by atoms with E-state index in [1.807, 2.05) is 30.6 Å². The van der Waals surface area contributed by atoms with E-state index in [0.717, 1.165) is 59.0 Å². The highest BCUT2D eigenvalue weighted by Crippen LogP contribution is 2.34. The number of rotatable bonds is 8. The highest BCUT2D eigenvalue weighted by Gasteiger charge is 2.22. The first-order chi connectivity index (χ1) is 13.1. The summed E-state index contributed by atoms with van der Waals surface area (Å²) in [5.41, 5.74) is 0.935. The highest BCUT2D eigenvalue weighted by molar-refractivity contribution is 7.20. The predicted octanol–water partition coefficient (Wildman–Crippen LogP) is 2.91. The van der Waals surface area contributed by atoms with Crippen molar-refractivity contribution in [2.75, 3.05) is 38.0 Å². The molecule has 3 heterocycles. The Hall–Kier alpha value is -2.22. The van der Waals surface area contributed by atoms with Gasteiger partial charge in [-0.1, -0.05) is 0 Å². The zero-order chi connectivity index (χ0) is 19.4. The molecule has 1 saturated heterocycles. The maximum Gasteiger partial charge on any atom is 0.264 e. The molecular formula is C19H27N5O2S. The van der Waals surface area contributed by atoms with Gasteiger partial charge in [-0.2, -0.15) is 0 Å². The third-order valence-electron chi connectivity index (χ3n) is 5.04. The Morgan fingerprint density at radius 3 is 2.78 bits per heavy atom. The Kier molecular flexibility index (Phi) is 6.26. The third kappa shape index (κ3) is 4.05. The third-order valence-corrected chi connectivity index (χ3v) is 6.23. The maximum atomic E-state index is 12.8. The number of thiophene rings is 1. The summed E-state index contributed by atoms with van der Waals surface area (Å²) in [6, 6.07) is 0. The van der Waals surface area contributed by atoms with E-state index in [-0.39, 0.29) is 11.8 Å². The van der Waals surface area contributed by atoms with Gasteiger partial charge in [0.05, 0.1) is 10.3 Å². The van der Waals surface area contributed by atoms with Crippen LogP contribution in [-0.2, 0) is 4.79 Å². The number of fused-ring (bicyclic) bond motifs is 1. The zero-order valence-electron chi connectivity index (χ0n) is 16.2. The molecule has 0 spiro atoms. The molecule has 0 bridgehead atoms. The number of nitrogens with one attached hydrogen (secondary N) is 1. The van der Waals surface area contributed by atoms with Gasteiger partial charge in [-0.3, -0.25) is 9.59 Å². The molecule has 2 amide bonds. The number of nitrogens with zero attached hydrogens (tertiary/aromatic N) is 4. The lowest BCUT2D eigenvalue weighted by Crippen LogP contribution is -2.30. The average Bonchev–Trinajstić information content (AvgIpc) is 3.23. The van der Waals surface area contributed by atoms with Gasteiger partial charge >= 0.3 is 0 Å². The van der Waals surface area contributed by atoms with Crippen molar-refractivity contribution in [3.63, 3.8) is 0 Å². The number of amides is 2. The van der Waals surface area contributed by atoms with Gasteiger partial charge in [0.25, 0.3) is 5.91 Å². The molecule has 7 nitrogen and oxygen atoms in total. The van der Waals surface area contributed by atoms with Crippen LogP contribution in [0.1, 0.15) is 48.3 Å². The largest absolute Gasteiger partial charge is 0.369 e. The number of carbonyl (C=O) groups excluding carboxylic acids is 2. The molecule has 27 heavy (non-hydrogen) atoms. The Morgan fingerprint density at radius 1 is 1.33 bits per heavy atom. The summed E-state index contributed by atoms with van der Waals surface area (Å²) in [7, 11) is 0. The summed E-state index contributed by atoms with van der Waals surface area (Å²) in [6.45, 7) is 9.69. The van der Waals surface area contributed by atoms with Crippen LogP contribution < -0.4 is 5.32 Å². The quantitative estimate of drug-likeness (QED) is 0.703. The fraction of sp³-hybridized carbons (Fsp3) is 0.579. The van der Waals surface area contributed by atoms with Crippen LogP contribution >= 0.6 is 11.3 Å². The average molecular weight is 390 g/mol. The Balaban J connectivity index is 1.72. The summed E-state index contributed by atoms with van der Waals surface area (Å²) < 4.78 is 0. The minimum absolute atomic E-state index is 0.0546. The lowest BCUT2D eigenvalue weighted by atomic mass is 10.2. The van der Waals surface area contributed by atoms with Crippen molar-refractivity contribution >= 4 is 39.2 Å². The molecule has 1 aliphatic rings. The molecule has 0 saturated carbocycles. The van der Waals surface area contributed by atoms with Crippen LogP contribution in [0.5, 0.6) is 0 Å². The standard InChI is InChI=1S/C19H27N5O2S/c1-4-23(5-2)19(26)16-13(3)15-17(21-12-22-18(15)27-16)20-9-7-11-24-10-6-8-14(24)25/h12H,4-11H2,1-3H3,(H,20,21,22). The van der Waals surface area contributed by atoms with E-state index in [2.05, 4.69) is 15.3 Å². The summed E-state index contributed by atoms with van der Waals surface area (Å²) in [5.74, 6) is 1.08. The normalized spacial score (nSPS) is 14.2. The van der Waals surface area contributed by atoms with E-state index in [4.69, 9.17) is 0 Å². The molecule has 2 aromatic rings. The van der Waals surface area contributed by atoms with Gasteiger partial charge in [-0.15, -0.1) is 11.3 Å². The first kappa shape index (κ1) is 19.5. The van der Waals surface area contributed by atoms with Gasteiger partial charge < -0.3 is 15.1 Å². The Morgan fingerprint density at radius 2 is 2.11 bits per heavy atom. The molecule has 0 atom stereocenters. The minimum Gasteiger partial charge on any atom is -0.369 e. The monoisotopic (exact) mass is 389 g/mol. The van der Waals surface area contributed by atoms with E-state index in [1.54, 1.807) is 0 Å². The number of hydrogen-bond acceptors (Lipinski definition) is 6. The smallest absolute Gasteiger partial charge is 0.264 e. The van der Waals surface area contributed by atoms with Crippen LogP contribution in [0, 0.1) is 6.92 Å². The first-order valence-corrected chi connectivity index (χ1v) is 10.4. The molecule has 1 N–H and O–H groups in total. The van der Waals surface area contributed by atoms with Gasteiger partial charge in [0.2, 0.25) is 5.91 Å². The number of hydrogen-bond donors (Lipinski definition) is 1. The van der Waals surface area contributed by atoms with Crippen LogP contribution in [0.3, 0.4) is 0 Å². The second-order valence-corrected chi connectivity index (χ2v) is 7.70. The first-order valence-electron chi connectivity index (χ1n) is 9.61. The topological polar surface area (TPSA) is 78.4 Å². The summed E-state index contributed by atoms with van der Waals surface area (Å²) in [5, 5.41) is 4.30. The van der Waals surface area contributed by atoms with Gasteiger partial charge in [0, 0.05) is 39.1 Å². The van der Waals surface area contributed by atoms with Crippen molar-refractivity contribution < 1.29 is 9.59 Å². The van der Waals surface area contributed by atoms with Gasteiger partial charge in [-0.05, 0) is 39.2 Å². The Labute approximate surface area is 163 Å². The fourth-order valence-corrected chi connectivity index (χ4v) is 4.60. The van der Waals surface area contributed by atoms with Crippen LogP contribution in [0.15, 0.2) is 6.33 Å². The number of aryl methyl sites for hydroxylation is 1. The van der Waals surface area contributed by atoms with Gasteiger partial charge in [-0.25, -0.2) is 9.97 Å². The van der Waals surface area contributed by atoms with Crippen molar-refractivity contribution in [2.24, 2.45) is 0 Å². The van der Waals surface area contributed by atoms with Gasteiger partial charge in [0.15, 0.2) is 0 Å². The molecular weight excluding hydrogens is 362 g/mol. The number of aromatic nitrogens is 2. The minimum atomic E-state index is 0.0546. The van der Waals surface area contributed by atoms with Crippen LogP contribution in [0.4, 0.5) is 5.82 Å². The molecule has 8 heteroatoms. The molecule has 0 unspecified atom stereocenters. The fourth-order valence-electron chi connectivity index (χ4n) is 3.48. The van der Waals surface area contributed by atoms with Crippen molar-refractivity contribution in [2.45, 2.75) is 40.0 Å². The van der Waals surface area contributed by atoms with E-state index in [9.17, 15) is 9.59 Å². The van der Waals surface area contributed by atoms with Crippen molar-refractivity contribution in [3.8, 4) is 0 Å². The van der Waals surface area contributed by atoms with E-state index in [0.29, 0.717) is 19.5 Å². The van der Waals surface area contributed by atoms with Gasteiger partial charge in [0.1, 0.15) is 17.0 Å². The molecule has 1 fully saturated rings. The SMILES string of the molecule is CCN(CC)C(=O)c1sc2ncnc(NCCCN3CCCC3=O)c2c1C. The molecule has 2 aromatic heterocycles. The summed E-state index contributed by atoms with van der Waals surface area (Å²) in [6.07, 6.45) is 4.05. The molecule has 0 radical (unpaired) electrons. The van der Waals surface area contributed by atoms with Crippen LogP contribution in [0.2, 0.25) is 0 Å². The molecule has 3 rings (SSSR count). The number of anilines is 1. The predicted molar refractivity (Wildman–Crippen MR) is 108 cm³/mol. The van der Waals surface area contributed by atoms with Crippen LogP contribution in [-0.4, -0.2) is 64.3 Å². The summed E-state index contributed by atoms with van der Waals surface area (Å²) in [4.78, 5) is 38.5. The van der Waals surface area contributed by atoms with E-state index in [1.165, 1.54) is 17.7 Å².